The van der Waals surface area contributed by atoms with Crippen molar-refractivity contribution < 1.29 is 27.4 Å². The van der Waals surface area contributed by atoms with Crippen LogP contribution in [-0.2, 0) is 12.8 Å². The molecule has 0 fully saturated rings. The van der Waals surface area contributed by atoms with Crippen molar-refractivity contribution >= 4 is 11.0 Å². The van der Waals surface area contributed by atoms with Crippen LogP contribution >= 0.6 is 0 Å². The summed E-state index contributed by atoms with van der Waals surface area (Å²) in [6, 6.07) is 15.6. The number of pyridine rings is 1. The largest absolute Gasteiger partial charge is 0.439 e. The standard InChI is InChI=1S/C26H16F3N3O4/c27-26(28,29)20-8-6-16(11-32-20)14-2-4-15(5-3-14)21-18(10-30)24(31)36-23-17-7-1-13(12-33)9-19(17)35-25(34)22(21)23/h1-9,11,21,33H,12,31H2. The van der Waals surface area contributed by atoms with Crippen LogP contribution in [0.25, 0.3) is 22.1 Å². The summed E-state index contributed by atoms with van der Waals surface area (Å²) < 4.78 is 49.6. The molecule has 4 aromatic rings. The van der Waals surface area contributed by atoms with Crippen LogP contribution in [-0.4, -0.2) is 10.1 Å². The van der Waals surface area contributed by atoms with Crippen molar-refractivity contribution in [2.24, 2.45) is 5.73 Å². The highest BCUT2D eigenvalue weighted by Crippen LogP contribution is 2.44. The quantitative estimate of drug-likeness (QED) is 0.402. The Morgan fingerprint density at radius 3 is 2.42 bits per heavy atom. The first-order chi connectivity index (χ1) is 17.2. The van der Waals surface area contributed by atoms with Crippen molar-refractivity contribution in [2.75, 3.05) is 0 Å². The van der Waals surface area contributed by atoms with Crippen LogP contribution in [0, 0.1) is 11.3 Å². The highest BCUT2D eigenvalue weighted by Gasteiger charge is 2.36. The number of aliphatic hydroxyl groups is 1. The fourth-order valence-electron chi connectivity index (χ4n) is 4.19. The SMILES string of the molecule is N#CC1=C(N)Oc2c(c(=O)oc3cc(CO)ccc23)C1c1ccc(-c2ccc(C(F)(F)F)nc2)cc1. The Labute approximate surface area is 201 Å². The average Bonchev–Trinajstić information content (AvgIpc) is 2.87. The van der Waals surface area contributed by atoms with E-state index in [1.54, 1.807) is 36.4 Å². The summed E-state index contributed by atoms with van der Waals surface area (Å²) in [5.74, 6) is -0.899. The van der Waals surface area contributed by atoms with Gasteiger partial charge in [-0.25, -0.2) is 4.79 Å². The Hall–Kier alpha value is -4.62. The lowest BCUT2D eigenvalue weighted by molar-refractivity contribution is -0.141. The smallest absolute Gasteiger partial charge is 0.433 e. The first-order valence-corrected chi connectivity index (χ1v) is 10.6. The van der Waals surface area contributed by atoms with Gasteiger partial charge >= 0.3 is 11.8 Å². The van der Waals surface area contributed by atoms with E-state index in [0.29, 0.717) is 27.6 Å². The van der Waals surface area contributed by atoms with Gasteiger partial charge in [0, 0.05) is 11.8 Å². The van der Waals surface area contributed by atoms with Crippen molar-refractivity contribution in [3.05, 3.63) is 105 Å². The number of alkyl halides is 3. The Morgan fingerprint density at radius 1 is 1.08 bits per heavy atom. The molecule has 1 atom stereocenters. The predicted octanol–water partition coefficient (Wildman–Crippen LogP) is 4.58. The molecule has 3 heterocycles. The Balaban J connectivity index is 1.61. The normalized spacial score (nSPS) is 15.4. The number of allylic oxidation sites excluding steroid dienone is 1. The van der Waals surface area contributed by atoms with Gasteiger partial charge in [0.1, 0.15) is 22.9 Å². The zero-order valence-electron chi connectivity index (χ0n) is 18.3. The highest BCUT2D eigenvalue weighted by atomic mass is 19.4. The maximum atomic E-state index is 13.0. The maximum Gasteiger partial charge on any atom is 0.433 e. The molecule has 1 aliphatic rings. The van der Waals surface area contributed by atoms with Gasteiger partial charge in [-0.3, -0.25) is 4.98 Å². The first kappa shape index (κ1) is 23.1. The molecule has 1 unspecified atom stereocenters. The molecule has 0 bridgehead atoms. The minimum absolute atomic E-state index is 0.0186. The van der Waals surface area contributed by atoms with Gasteiger partial charge < -0.3 is 20.0 Å². The molecule has 7 nitrogen and oxygen atoms in total. The summed E-state index contributed by atoms with van der Waals surface area (Å²) in [7, 11) is 0. The van der Waals surface area contributed by atoms with Gasteiger partial charge in [-0.1, -0.05) is 36.4 Å². The summed E-state index contributed by atoms with van der Waals surface area (Å²) in [6.07, 6.45) is -3.41. The van der Waals surface area contributed by atoms with Gasteiger partial charge in [0.2, 0.25) is 5.88 Å². The number of rotatable bonds is 3. The third kappa shape index (κ3) is 3.85. The second-order valence-electron chi connectivity index (χ2n) is 8.10. The number of benzene rings is 2. The van der Waals surface area contributed by atoms with E-state index in [0.717, 1.165) is 12.3 Å². The summed E-state index contributed by atoms with van der Waals surface area (Å²) >= 11 is 0. The van der Waals surface area contributed by atoms with Crippen LogP contribution in [0.5, 0.6) is 5.75 Å². The minimum atomic E-state index is -4.54. The van der Waals surface area contributed by atoms with Gasteiger partial charge in [-0.05, 0) is 34.9 Å². The fraction of sp³-hybridized carbons (Fsp3) is 0.115. The van der Waals surface area contributed by atoms with E-state index in [2.05, 4.69) is 4.98 Å². The fourth-order valence-corrected chi connectivity index (χ4v) is 4.19. The number of aliphatic hydroxyl groups excluding tert-OH is 1. The molecular formula is C26H16F3N3O4. The molecule has 5 rings (SSSR count). The Morgan fingerprint density at radius 2 is 1.81 bits per heavy atom. The van der Waals surface area contributed by atoms with E-state index in [4.69, 9.17) is 14.9 Å². The van der Waals surface area contributed by atoms with E-state index in [-0.39, 0.29) is 35.0 Å². The Bertz CT molecular complexity index is 1620. The van der Waals surface area contributed by atoms with E-state index >= 15 is 0 Å². The second kappa shape index (κ2) is 8.55. The molecule has 0 saturated heterocycles. The van der Waals surface area contributed by atoms with Crippen molar-refractivity contribution in [1.29, 1.82) is 5.26 Å². The molecule has 2 aromatic carbocycles. The molecule has 3 N–H and O–H groups in total. The number of halogens is 3. The van der Waals surface area contributed by atoms with E-state index < -0.39 is 23.4 Å². The molecule has 180 valence electrons. The molecule has 0 spiro atoms. The van der Waals surface area contributed by atoms with Crippen LogP contribution in [0.2, 0.25) is 0 Å². The zero-order chi connectivity index (χ0) is 25.6. The summed E-state index contributed by atoms with van der Waals surface area (Å²) in [5, 5.41) is 19.6. The minimum Gasteiger partial charge on any atom is -0.439 e. The molecule has 36 heavy (non-hydrogen) atoms. The number of aromatic nitrogens is 1. The summed E-state index contributed by atoms with van der Waals surface area (Å²) in [4.78, 5) is 16.5. The maximum absolute atomic E-state index is 13.0. The van der Waals surface area contributed by atoms with E-state index in [1.807, 2.05) is 6.07 Å². The lowest BCUT2D eigenvalue weighted by atomic mass is 9.83. The molecular weight excluding hydrogens is 475 g/mol. The number of hydrogen-bond donors (Lipinski definition) is 2. The monoisotopic (exact) mass is 491 g/mol. The lowest BCUT2D eigenvalue weighted by Gasteiger charge is -2.26. The van der Waals surface area contributed by atoms with Crippen molar-refractivity contribution in [3.63, 3.8) is 0 Å². The van der Waals surface area contributed by atoms with E-state index in [9.17, 15) is 28.3 Å². The van der Waals surface area contributed by atoms with Gasteiger partial charge in [-0.2, -0.15) is 18.4 Å². The van der Waals surface area contributed by atoms with E-state index in [1.165, 1.54) is 12.1 Å². The number of hydrogen-bond acceptors (Lipinski definition) is 7. The second-order valence-corrected chi connectivity index (χ2v) is 8.10. The molecule has 1 aliphatic heterocycles. The molecule has 2 aromatic heterocycles. The number of nitrogens with two attached hydrogens (primary N) is 1. The lowest BCUT2D eigenvalue weighted by Crippen LogP contribution is -2.26. The van der Waals surface area contributed by atoms with Crippen LogP contribution < -0.4 is 16.1 Å². The van der Waals surface area contributed by atoms with Gasteiger partial charge in [0.15, 0.2) is 5.75 Å². The first-order valence-electron chi connectivity index (χ1n) is 10.6. The molecule has 10 heteroatoms. The number of fused-ring (bicyclic) bond motifs is 3. The number of nitriles is 1. The van der Waals surface area contributed by atoms with Crippen molar-refractivity contribution in [3.8, 4) is 22.9 Å². The predicted molar refractivity (Wildman–Crippen MR) is 122 cm³/mol. The third-order valence-electron chi connectivity index (χ3n) is 5.95. The summed E-state index contributed by atoms with van der Waals surface area (Å²) in [6.45, 7) is -0.248. The molecule has 0 radical (unpaired) electrons. The molecule has 0 aliphatic carbocycles. The van der Waals surface area contributed by atoms with Crippen LogP contribution in [0.4, 0.5) is 13.2 Å². The molecule has 0 saturated carbocycles. The highest BCUT2D eigenvalue weighted by molar-refractivity contribution is 5.86. The van der Waals surface area contributed by atoms with Crippen LogP contribution in [0.3, 0.4) is 0 Å². The van der Waals surface area contributed by atoms with Crippen molar-refractivity contribution in [1.82, 2.24) is 4.98 Å². The van der Waals surface area contributed by atoms with Gasteiger partial charge in [0.05, 0.1) is 23.5 Å². The Kier molecular flexibility index (Phi) is 5.50. The number of ether oxygens (including phenoxy) is 1. The van der Waals surface area contributed by atoms with Crippen molar-refractivity contribution in [2.45, 2.75) is 18.7 Å². The van der Waals surface area contributed by atoms with Crippen LogP contribution in [0.1, 0.15) is 28.3 Å². The molecule has 0 amide bonds. The average molecular weight is 491 g/mol. The number of nitrogens with zero attached hydrogens (tertiary/aromatic N) is 2. The van der Waals surface area contributed by atoms with Gasteiger partial charge in [-0.15, -0.1) is 0 Å². The third-order valence-corrected chi connectivity index (χ3v) is 5.95. The topological polar surface area (TPSA) is 122 Å². The zero-order valence-corrected chi connectivity index (χ0v) is 18.3. The van der Waals surface area contributed by atoms with Gasteiger partial charge in [0.25, 0.3) is 0 Å². The summed E-state index contributed by atoms with van der Waals surface area (Å²) in [5.41, 5.74) is 6.76. The van der Waals surface area contributed by atoms with Crippen LogP contribution in [0.15, 0.2) is 81.5 Å².